The van der Waals surface area contributed by atoms with Crippen LogP contribution in [0, 0.1) is 0 Å². The van der Waals surface area contributed by atoms with E-state index in [0.717, 1.165) is 0 Å². The highest BCUT2D eigenvalue weighted by Crippen LogP contribution is 2.17. The van der Waals surface area contributed by atoms with Crippen molar-refractivity contribution >= 4 is 29.1 Å². The second kappa shape index (κ2) is 6.90. The van der Waals surface area contributed by atoms with E-state index in [1.54, 1.807) is 19.2 Å². The Morgan fingerprint density at radius 3 is 2.91 bits per heavy atom. The summed E-state index contributed by atoms with van der Waals surface area (Å²) in [5, 5.41) is 9.17. The number of amides is 2. The van der Waals surface area contributed by atoms with Gasteiger partial charge >= 0.3 is 0 Å². The number of hydrogen-bond donors (Lipinski definition) is 2. The first-order valence-corrected chi connectivity index (χ1v) is 6.65. The van der Waals surface area contributed by atoms with Crippen LogP contribution >= 0.6 is 11.6 Å². The average molecular weight is 324 g/mol. The summed E-state index contributed by atoms with van der Waals surface area (Å²) in [5.74, 6) is -0.695. The minimum atomic E-state index is -0.461. The molecule has 0 atom stereocenters. The van der Waals surface area contributed by atoms with Crippen LogP contribution in [0.4, 0.5) is 5.69 Å². The molecule has 0 fully saturated rings. The zero-order valence-corrected chi connectivity index (χ0v) is 12.7. The van der Waals surface area contributed by atoms with E-state index in [1.165, 1.54) is 24.2 Å². The number of carbonyl (C=O) groups is 2. The van der Waals surface area contributed by atoms with Crippen LogP contribution in [0.25, 0.3) is 0 Å². The monoisotopic (exact) mass is 323 g/mol. The third-order valence-electron chi connectivity index (χ3n) is 2.68. The van der Waals surface area contributed by atoms with Crippen molar-refractivity contribution in [2.24, 2.45) is 7.05 Å². The lowest BCUT2D eigenvalue weighted by atomic mass is 10.3. The number of nitrogens with one attached hydrogen (secondary N) is 2. The number of aromatic nitrogens is 3. The van der Waals surface area contributed by atoms with E-state index in [0.29, 0.717) is 5.69 Å². The second-order valence-electron chi connectivity index (χ2n) is 4.30. The maximum Gasteiger partial charge on any atom is 0.258 e. The third kappa shape index (κ3) is 3.73. The summed E-state index contributed by atoms with van der Waals surface area (Å²) < 4.78 is 6.43. The highest BCUT2D eigenvalue weighted by atomic mass is 35.5. The predicted octanol–water partition coefficient (Wildman–Crippen LogP) is 0.846. The molecule has 8 nitrogen and oxygen atoms in total. The molecule has 2 aromatic rings. The molecule has 2 amide bonds. The normalized spacial score (nSPS) is 10.1. The van der Waals surface area contributed by atoms with E-state index in [2.05, 4.69) is 20.7 Å². The molecule has 2 rings (SSSR count). The Bertz CT molecular complexity index is 701. The van der Waals surface area contributed by atoms with Gasteiger partial charge in [0.15, 0.2) is 5.15 Å². The van der Waals surface area contributed by atoms with E-state index < -0.39 is 11.8 Å². The Kier molecular flexibility index (Phi) is 4.95. The standard InChI is InChI=1S/C13H14ClN5O3/c1-19-7-8(13(18-19)22-2)12(21)16-6-10(20)17-9-4-3-5-15-11(9)14/h3-5,7H,6H2,1-2H3,(H,16,21)(H,17,20). The second-order valence-corrected chi connectivity index (χ2v) is 4.66. The van der Waals surface area contributed by atoms with Gasteiger partial charge in [0.05, 0.1) is 19.3 Å². The third-order valence-corrected chi connectivity index (χ3v) is 2.98. The molecule has 0 saturated heterocycles. The molecule has 0 radical (unpaired) electrons. The molecule has 2 aromatic heterocycles. The largest absolute Gasteiger partial charge is 0.479 e. The molecule has 9 heteroatoms. The number of hydrogen-bond acceptors (Lipinski definition) is 5. The maximum absolute atomic E-state index is 12.0. The van der Waals surface area contributed by atoms with Crippen molar-refractivity contribution in [1.82, 2.24) is 20.1 Å². The lowest BCUT2D eigenvalue weighted by molar-refractivity contribution is -0.115. The number of aryl methyl sites for hydroxylation is 1. The van der Waals surface area contributed by atoms with Crippen molar-refractivity contribution < 1.29 is 14.3 Å². The lowest BCUT2D eigenvalue weighted by Gasteiger charge is -2.07. The van der Waals surface area contributed by atoms with Crippen LogP contribution < -0.4 is 15.4 Å². The van der Waals surface area contributed by atoms with Gasteiger partial charge in [0, 0.05) is 19.4 Å². The van der Waals surface area contributed by atoms with Crippen molar-refractivity contribution in [3.05, 3.63) is 35.2 Å². The van der Waals surface area contributed by atoms with Gasteiger partial charge in [-0.05, 0) is 12.1 Å². The summed E-state index contributed by atoms with van der Waals surface area (Å²) in [7, 11) is 3.08. The van der Waals surface area contributed by atoms with Crippen LogP contribution in [0.2, 0.25) is 5.15 Å². The van der Waals surface area contributed by atoms with Gasteiger partial charge in [-0.25, -0.2) is 4.98 Å². The van der Waals surface area contributed by atoms with Crippen LogP contribution in [0.15, 0.2) is 24.5 Å². The number of ether oxygens (including phenoxy) is 1. The van der Waals surface area contributed by atoms with E-state index in [1.807, 2.05) is 0 Å². The van der Waals surface area contributed by atoms with Crippen LogP contribution in [0.1, 0.15) is 10.4 Å². The number of methoxy groups -OCH3 is 1. The summed E-state index contributed by atoms with van der Waals surface area (Å²) in [4.78, 5) is 27.6. The fourth-order valence-electron chi connectivity index (χ4n) is 1.70. The first kappa shape index (κ1) is 15.8. The Hall–Kier alpha value is -2.61. The molecule has 0 aliphatic carbocycles. The molecule has 0 aliphatic rings. The summed E-state index contributed by atoms with van der Waals surface area (Å²) in [6.07, 6.45) is 3.01. The Balaban J connectivity index is 1.93. The molecule has 2 heterocycles. The lowest BCUT2D eigenvalue weighted by Crippen LogP contribution is -2.33. The Morgan fingerprint density at radius 2 is 2.23 bits per heavy atom. The maximum atomic E-state index is 12.0. The van der Waals surface area contributed by atoms with Crippen molar-refractivity contribution in [2.75, 3.05) is 19.0 Å². The van der Waals surface area contributed by atoms with Crippen LogP contribution in [-0.4, -0.2) is 40.2 Å². The van der Waals surface area contributed by atoms with Crippen LogP contribution in [-0.2, 0) is 11.8 Å². The fourth-order valence-corrected chi connectivity index (χ4v) is 1.87. The van der Waals surface area contributed by atoms with E-state index in [9.17, 15) is 9.59 Å². The number of nitrogens with zero attached hydrogens (tertiary/aromatic N) is 3. The number of halogens is 1. The van der Waals surface area contributed by atoms with Gasteiger partial charge in [-0.3, -0.25) is 14.3 Å². The minimum Gasteiger partial charge on any atom is -0.479 e. The first-order chi connectivity index (χ1) is 10.5. The molecule has 2 N–H and O–H groups in total. The Labute approximate surface area is 131 Å². The van der Waals surface area contributed by atoms with Gasteiger partial charge in [-0.15, -0.1) is 5.10 Å². The molecule has 0 saturated carbocycles. The fraction of sp³-hybridized carbons (Fsp3) is 0.231. The smallest absolute Gasteiger partial charge is 0.258 e. The van der Waals surface area contributed by atoms with Crippen molar-refractivity contribution in [3.8, 4) is 5.88 Å². The molecular weight excluding hydrogens is 310 g/mol. The summed E-state index contributed by atoms with van der Waals surface area (Å²) in [6.45, 7) is -0.220. The predicted molar refractivity (Wildman–Crippen MR) is 80.0 cm³/mol. The summed E-state index contributed by atoms with van der Waals surface area (Å²) >= 11 is 5.83. The average Bonchev–Trinajstić information content (AvgIpc) is 2.88. The summed E-state index contributed by atoms with van der Waals surface area (Å²) in [6, 6.07) is 3.25. The molecular formula is C13H14ClN5O3. The van der Waals surface area contributed by atoms with Crippen LogP contribution in [0.5, 0.6) is 5.88 Å². The van der Waals surface area contributed by atoms with Gasteiger partial charge in [0.2, 0.25) is 11.8 Å². The van der Waals surface area contributed by atoms with E-state index in [4.69, 9.17) is 16.3 Å². The topological polar surface area (TPSA) is 98.1 Å². The van der Waals surface area contributed by atoms with Crippen molar-refractivity contribution in [3.63, 3.8) is 0 Å². The van der Waals surface area contributed by atoms with Gasteiger partial charge in [-0.1, -0.05) is 11.6 Å². The zero-order valence-electron chi connectivity index (χ0n) is 12.0. The van der Waals surface area contributed by atoms with Gasteiger partial charge < -0.3 is 15.4 Å². The molecule has 0 unspecified atom stereocenters. The Morgan fingerprint density at radius 1 is 1.45 bits per heavy atom. The molecule has 116 valence electrons. The number of carbonyl (C=O) groups excluding carboxylic acids is 2. The van der Waals surface area contributed by atoms with Gasteiger partial charge in [0.1, 0.15) is 5.56 Å². The molecule has 0 spiro atoms. The highest BCUT2D eigenvalue weighted by molar-refractivity contribution is 6.32. The summed E-state index contributed by atoms with van der Waals surface area (Å²) in [5.41, 5.74) is 0.625. The quantitative estimate of drug-likeness (QED) is 0.795. The SMILES string of the molecule is COc1nn(C)cc1C(=O)NCC(=O)Nc1cccnc1Cl. The van der Waals surface area contributed by atoms with Crippen molar-refractivity contribution in [2.45, 2.75) is 0 Å². The molecule has 0 bridgehead atoms. The number of pyridine rings is 1. The number of anilines is 1. The molecule has 22 heavy (non-hydrogen) atoms. The molecule has 0 aliphatic heterocycles. The zero-order chi connectivity index (χ0) is 16.1. The van der Waals surface area contributed by atoms with Gasteiger partial charge in [0.25, 0.3) is 5.91 Å². The molecule has 0 aromatic carbocycles. The van der Waals surface area contributed by atoms with Crippen molar-refractivity contribution in [1.29, 1.82) is 0 Å². The number of rotatable bonds is 5. The van der Waals surface area contributed by atoms with Gasteiger partial charge in [-0.2, -0.15) is 0 Å². The van der Waals surface area contributed by atoms with E-state index in [-0.39, 0.29) is 23.1 Å². The minimum absolute atomic E-state index is 0.177. The van der Waals surface area contributed by atoms with Crippen LogP contribution in [0.3, 0.4) is 0 Å². The van der Waals surface area contributed by atoms with E-state index >= 15 is 0 Å². The highest BCUT2D eigenvalue weighted by Gasteiger charge is 2.17. The first-order valence-electron chi connectivity index (χ1n) is 6.27.